The van der Waals surface area contributed by atoms with E-state index in [4.69, 9.17) is 4.74 Å². The second kappa shape index (κ2) is 6.06. The molecule has 0 radical (unpaired) electrons. The van der Waals surface area contributed by atoms with Crippen molar-refractivity contribution < 1.29 is 4.74 Å². The van der Waals surface area contributed by atoms with Gasteiger partial charge in [0.2, 0.25) is 0 Å². The summed E-state index contributed by atoms with van der Waals surface area (Å²) in [4.78, 5) is 0. The predicted molar refractivity (Wildman–Crippen MR) is 71.7 cm³/mol. The molecular weight excluding hydrogens is 210 g/mol. The van der Waals surface area contributed by atoms with Gasteiger partial charge in [-0.25, -0.2) is 0 Å². The fraction of sp³-hybridized carbons (Fsp3) is 0.600. The number of ether oxygens (including phenoxy) is 1. The molecule has 94 valence electrons. The van der Waals surface area contributed by atoms with Crippen LogP contribution < -0.4 is 10.1 Å². The van der Waals surface area contributed by atoms with Crippen LogP contribution in [0.4, 0.5) is 0 Å². The molecule has 17 heavy (non-hydrogen) atoms. The van der Waals surface area contributed by atoms with Gasteiger partial charge in [0.25, 0.3) is 0 Å². The molecule has 0 amide bonds. The molecule has 2 heteroatoms. The van der Waals surface area contributed by atoms with Crippen molar-refractivity contribution in [2.75, 3.05) is 13.1 Å². The van der Waals surface area contributed by atoms with E-state index in [-0.39, 0.29) is 0 Å². The maximum atomic E-state index is 5.75. The number of rotatable bonds is 7. The summed E-state index contributed by atoms with van der Waals surface area (Å²) >= 11 is 0. The third-order valence-electron chi connectivity index (χ3n) is 3.28. The first-order valence-corrected chi connectivity index (χ1v) is 6.77. The minimum Gasteiger partial charge on any atom is -0.490 e. The molecule has 2 rings (SSSR count). The minimum absolute atomic E-state index is 0.493. The standard InChI is InChI=1S/C15H23NO/c1-3-16-11-10-12(2)13-4-6-14(7-5-13)17-15-8-9-15/h4-7,12,15-16H,3,8-11H2,1-2H3. The van der Waals surface area contributed by atoms with Crippen LogP contribution in [-0.4, -0.2) is 19.2 Å². The Morgan fingerprint density at radius 1 is 1.29 bits per heavy atom. The van der Waals surface area contributed by atoms with Gasteiger partial charge in [-0.3, -0.25) is 0 Å². The quantitative estimate of drug-likeness (QED) is 0.729. The molecular formula is C15H23NO. The van der Waals surface area contributed by atoms with Crippen molar-refractivity contribution in [1.82, 2.24) is 5.32 Å². The van der Waals surface area contributed by atoms with Crippen molar-refractivity contribution in [3.05, 3.63) is 29.8 Å². The van der Waals surface area contributed by atoms with Crippen molar-refractivity contribution in [3.8, 4) is 5.75 Å². The zero-order chi connectivity index (χ0) is 12.1. The Labute approximate surface area is 104 Å². The van der Waals surface area contributed by atoms with Gasteiger partial charge in [-0.05, 0) is 56.0 Å². The molecule has 0 spiro atoms. The molecule has 1 aromatic carbocycles. The first-order valence-electron chi connectivity index (χ1n) is 6.77. The van der Waals surface area contributed by atoms with Crippen molar-refractivity contribution in [2.24, 2.45) is 0 Å². The first-order chi connectivity index (χ1) is 8.29. The lowest BCUT2D eigenvalue weighted by Crippen LogP contribution is -2.15. The van der Waals surface area contributed by atoms with Crippen LogP contribution in [0.25, 0.3) is 0 Å². The Kier molecular flexibility index (Phi) is 4.43. The van der Waals surface area contributed by atoms with Gasteiger partial charge in [0.15, 0.2) is 0 Å². The van der Waals surface area contributed by atoms with Crippen LogP contribution in [0.5, 0.6) is 5.75 Å². The van der Waals surface area contributed by atoms with E-state index in [0.717, 1.165) is 18.8 Å². The second-order valence-corrected chi connectivity index (χ2v) is 4.93. The van der Waals surface area contributed by atoms with E-state index in [9.17, 15) is 0 Å². The van der Waals surface area contributed by atoms with Crippen molar-refractivity contribution in [2.45, 2.75) is 45.1 Å². The Hall–Kier alpha value is -1.02. The molecule has 1 unspecified atom stereocenters. The molecule has 0 saturated heterocycles. The van der Waals surface area contributed by atoms with Gasteiger partial charge in [-0.15, -0.1) is 0 Å². The molecule has 1 atom stereocenters. The van der Waals surface area contributed by atoms with E-state index in [1.54, 1.807) is 0 Å². The summed E-state index contributed by atoms with van der Waals surface area (Å²) in [6, 6.07) is 8.62. The van der Waals surface area contributed by atoms with Crippen molar-refractivity contribution in [3.63, 3.8) is 0 Å². The maximum Gasteiger partial charge on any atom is 0.119 e. The highest BCUT2D eigenvalue weighted by Crippen LogP contribution is 2.28. The first kappa shape index (κ1) is 12.4. The summed E-state index contributed by atoms with van der Waals surface area (Å²) in [7, 11) is 0. The Balaban J connectivity index is 1.82. The lowest BCUT2D eigenvalue weighted by atomic mass is 9.98. The Morgan fingerprint density at radius 2 is 2.00 bits per heavy atom. The van der Waals surface area contributed by atoms with Crippen LogP contribution in [-0.2, 0) is 0 Å². The molecule has 1 N–H and O–H groups in total. The molecule has 1 fully saturated rings. The number of hydrogen-bond donors (Lipinski definition) is 1. The van der Waals surface area contributed by atoms with Gasteiger partial charge in [0.05, 0.1) is 6.10 Å². The van der Waals surface area contributed by atoms with Gasteiger partial charge >= 0.3 is 0 Å². The highest BCUT2D eigenvalue weighted by atomic mass is 16.5. The molecule has 0 aliphatic heterocycles. The highest BCUT2D eigenvalue weighted by molar-refractivity contribution is 5.29. The Bertz CT molecular complexity index is 329. The minimum atomic E-state index is 0.493. The third kappa shape index (κ3) is 4.04. The fourth-order valence-electron chi connectivity index (χ4n) is 1.92. The number of hydrogen-bond acceptors (Lipinski definition) is 2. The third-order valence-corrected chi connectivity index (χ3v) is 3.28. The van der Waals surface area contributed by atoms with Gasteiger partial charge in [-0.1, -0.05) is 26.0 Å². The van der Waals surface area contributed by atoms with E-state index in [2.05, 4.69) is 43.4 Å². The van der Waals surface area contributed by atoms with E-state index in [1.165, 1.54) is 24.8 Å². The summed E-state index contributed by atoms with van der Waals surface area (Å²) in [6.07, 6.45) is 4.13. The van der Waals surface area contributed by atoms with E-state index >= 15 is 0 Å². The molecule has 1 aromatic rings. The van der Waals surface area contributed by atoms with Crippen molar-refractivity contribution >= 4 is 0 Å². The zero-order valence-electron chi connectivity index (χ0n) is 10.9. The summed E-state index contributed by atoms with van der Waals surface area (Å²) in [5, 5.41) is 3.37. The normalized spacial score (nSPS) is 16.8. The van der Waals surface area contributed by atoms with Crippen LogP contribution in [0, 0.1) is 0 Å². The van der Waals surface area contributed by atoms with E-state index in [0.29, 0.717) is 12.0 Å². The molecule has 0 bridgehead atoms. The molecule has 1 aliphatic rings. The van der Waals surface area contributed by atoms with Crippen LogP contribution in [0.15, 0.2) is 24.3 Å². The molecule has 1 saturated carbocycles. The van der Waals surface area contributed by atoms with Crippen molar-refractivity contribution in [1.29, 1.82) is 0 Å². The fourth-order valence-corrected chi connectivity index (χ4v) is 1.92. The Morgan fingerprint density at radius 3 is 2.59 bits per heavy atom. The smallest absolute Gasteiger partial charge is 0.119 e. The number of nitrogens with one attached hydrogen (secondary N) is 1. The zero-order valence-corrected chi connectivity index (χ0v) is 10.9. The molecule has 1 aliphatic carbocycles. The van der Waals surface area contributed by atoms with E-state index < -0.39 is 0 Å². The lowest BCUT2D eigenvalue weighted by Gasteiger charge is -2.13. The summed E-state index contributed by atoms with van der Waals surface area (Å²) in [6.45, 7) is 6.58. The predicted octanol–water partition coefficient (Wildman–Crippen LogP) is 3.33. The number of benzene rings is 1. The summed E-state index contributed by atoms with van der Waals surface area (Å²) in [5.74, 6) is 1.64. The maximum absolute atomic E-state index is 5.75. The largest absolute Gasteiger partial charge is 0.490 e. The topological polar surface area (TPSA) is 21.3 Å². The SMILES string of the molecule is CCNCCC(C)c1ccc(OC2CC2)cc1. The van der Waals surface area contributed by atoms with Crippen LogP contribution in [0.3, 0.4) is 0 Å². The second-order valence-electron chi connectivity index (χ2n) is 4.93. The average molecular weight is 233 g/mol. The van der Waals surface area contributed by atoms with Crippen LogP contribution in [0.1, 0.15) is 44.6 Å². The monoisotopic (exact) mass is 233 g/mol. The van der Waals surface area contributed by atoms with Gasteiger partial charge in [-0.2, -0.15) is 0 Å². The highest BCUT2D eigenvalue weighted by Gasteiger charge is 2.23. The summed E-state index contributed by atoms with van der Waals surface area (Å²) < 4.78 is 5.75. The molecule has 0 heterocycles. The van der Waals surface area contributed by atoms with Crippen LogP contribution >= 0.6 is 0 Å². The lowest BCUT2D eigenvalue weighted by molar-refractivity contribution is 0.303. The van der Waals surface area contributed by atoms with Crippen LogP contribution in [0.2, 0.25) is 0 Å². The van der Waals surface area contributed by atoms with Gasteiger partial charge in [0, 0.05) is 0 Å². The molecule has 2 nitrogen and oxygen atoms in total. The molecule has 0 aromatic heterocycles. The van der Waals surface area contributed by atoms with Gasteiger partial charge < -0.3 is 10.1 Å². The van der Waals surface area contributed by atoms with Gasteiger partial charge in [0.1, 0.15) is 5.75 Å². The van der Waals surface area contributed by atoms with E-state index in [1.807, 2.05) is 0 Å². The summed E-state index contributed by atoms with van der Waals surface area (Å²) in [5.41, 5.74) is 1.41. The average Bonchev–Trinajstić information content (AvgIpc) is 3.14.